The van der Waals surface area contributed by atoms with Crippen molar-refractivity contribution in [3.05, 3.63) is 71.3 Å². The number of carboxylic acid groups (broad SMARTS) is 1. The van der Waals surface area contributed by atoms with Crippen molar-refractivity contribution in [2.75, 3.05) is 6.54 Å². The van der Waals surface area contributed by atoms with Gasteiger partial charge in [-0.05, 0) is 18.2 Å². The average Bonchev–Trinajstić information content (AvgIpc) is 2.62. The molecule has 0 saturated carbocycles. The van der Waals surface area contributed by atoms with Crippen LogP contribution in [0.2, 0.25) is 0 Å². The molecule has 0 aliphatic rings. The number of nitrogens with one attached hydrogen (secondary N) is 2. The Bertz CT molecular complexity index is 788. The molecule has 128 valence electrons. The number of benzene rings is 2. The molecule has 7 nitrogen and oxygen atoms in total. The number of carbonyl (C=O) groups is 3. The minimum Gasteiger partial charge on any atom is -0.478 e. The number of aromatic carboxylic acids is 1. The molecule has 7 heteroatoms. The predicted molar refractivity (Wildman–Crippen MR) is 92.5 cm³/mol. The van der Waals surface area contributed by atoms with Gasteiger partial charge in [-0.25, -0.2) is 10.2 Å². The highest BCUT2D eigenvalue weighted by Crippen LogP contribution is 2.05. The third kappa shape index (κ3) is 5.58. The number of hydrogen-bond donors (Lipinski definition) is 3. The first-order valence-corrected chi connectivity index (χ1v) is 7.55. The topological polar surface area (TPSA) is 108 Å². The number of hydrogen-bond acceptors (Lipinski definition) is 4. The van der Waals surface area contributed by atoms with Crippen LogP contribution in [-0.2, 0) is 4.79 Å². The molecule has 0 unspecified atom stereocenters. The second-order valence-electron chi connectivity index (χ2n) is 5.06. The van der Waals surface area contributed by atoms with Crippen molar-refractivity contribution in [3.8, 4) is 0 Å². The third-order valence-corrected chi connectivity index (χ3v) is 3.26. The van der Waals surface area contributed by atoms with Gasteiger partial charge in [-0.15, -0.1) is 0 Å². The maximum absolute atomic E-state index is 11.8. The Kier molecular flexibility index (Phi) is 6.41. The zero-order valence-electron chi connectivity index (χ0n) is 13.3. The highest BCUT2D eigenvalue weighted by molar-refractivity contribution is 5.98. The van der Waals surface area contributed by atoms with E-state index in [4.69, 9.17) is 5.11 Å². The van der Waals surface area contributed by atoms with Crippen LogP contribution < -0.4 is 10.7 Å². The molecule has 0 saturated heterocycles. The highest BCUT2D eigenvalue weighted by Gasteiger charge is 2.07. The van der Waals surface area contributed by atoms with Gasteiger partial charge in [-0.3, -0.25) is 9.59 Å². The van der Waals surface area contributed by atoms with E-state index in [0.717, 1.165) is 0 Å². The fourth-order valence-corrected chi connectivity index (χ4v) is 2.02. The number of amides is 2. The third-order valence-electron chi connectivity index (χ3n) is 3.26. The molecule has 0 aromatic heterocycles. The first-order valence-electron chi connectivity index (χ1n) is 7.55. The fourth-order valence-electron chi connectivity index (χ4n) is 2.02. The first-order chi connectivity index (χ1) is 12.1. The second kappa shape index (κ2) is 8.97. The van der Waals surface area contributed by atoms with Gasteiger partial charge in [-0.1, -0.05) is 36.4 Å². The van der Waals surface area contributed by atoms with E-state index in [9.17, 15) is 14.4 Å². The fraction of sp³-hybridized carbons (Fsp3) is 0.111. The molecule has 2 rings (SSSR count). The molecule has 0 bridgehead atoms. The van der Waals surface area contributed by atoms with Gasteiger partial charge in [0.05, 0.1) is 11.8 Å². The van der Waals surface area contributed by atoms with Crippen molar-refractivity contribution in [2.24, 2.45) is 5.10 Å². The Morgan fingerprint density at radius 3 is 2.40 bits per heavy atom. The number of carboxylic acids is 1. The van der Waals surface area contributed by atoms with Gasteiger partial charge in [0.1, 0.15) is 0 Å². The van der Waals surface area contributed by atoms with E-state index in [-0.39, 0.29) is 24.4 Å². The molecular weight excluding hydrogens is 322 g/mol. The van der Waals surface area contributed by atoms with Crippen molar-refractivity contribution in [2.45, 2.75) is 6.42 Å². The first kappa shape index (κ1) is 17.9. The summed E-state index contributed by atoms with van der Waals surface area (Å²) in [6.45, 7) is 0.167. The zero-order chi connectivity index (χ0) is 18.1. The summed E-state index contributed by atoms with van der Waals surface area (Å²) in [6, 6.07) is 15.0. The SMILES string of the molecule is O=C(CCNC(=O)c1ccccc1)N/N=C\c1ccccc1C(=O)O. The minimum absolute atomic E-state index is 0.0521. The zero-order valence-corrected chi connectivity index (χ0v) is 13.3. The van der Waals surface area contributed by atoms with Crippen LogP contribution in [0.25, 0.3) is 0 Å². The van der Waals surface area contributed by atoms with Gasteiger partial charge in [0, 0.05) is 24.1 Å². The van der Waals surface area contributed by atoms with Crippen LogP contribution in [0.5, 0.6) is 0 Å². The van der Waals surface area contributed by atoms with Gasteiger partial charge in [0.15, 0.2) is 0 Å². The van der Waals surface area contributed by atoms with Gasteiger partial charge in [0.2, 0.25) is 5.91 Å². The molecule has 0 fully saturated rings. The number of nitrogens with zero attached hydrogens (tertiary/aromatic N) is 1. The van der Waals surface area contributed by atoms with Crippen LogP contribution in [0.4, 0.5) is 0 Å². The molecule has 0 heterocycles. The van der Waals surface area contributed by atoms with Crippen LogP contribution in [0.3, 0.4) is 0 Å². The molecule has 0 aliphatic heterocycles. The van der Waals surface area contributed by atoms with E-state index >= 15 is 0 Å². The standard InChI is InChI=1S/C18H17N3O4/c22-16(10-11-19-17(23)13-6-2-1-3-7-13)21-20-12-14-8-4-5-9-15(14)18(24)25/h1-9,12H,10-11H2,(H,19,23)(H,21,22)(H,24,25)/b20-12-. The molecule has 0 radical (unpaired) electrons. The summed E-state index contributed by atoms with van der Waals surface area (Å²) in [5, 5.41) is 15.4. The molecule has 2 aromatic rings. The largest absolute Gasteiger partial charge is 0.478 e. The van der Waals surface area contributed by atoms with Gasteiger partial charge in [0.25, 0.3) is 5.91 Å². The maximum atomic E-state index is 11.8. The Labute approximate surface area is 144 Å². The number of carbonyl (C=O) groups excluding carboxylic acids is 2. The lowest BCUT2D eigenvalue weighted by atomic mass is 10.1. The van der Waals surface area contributed by atoms with Crippen LogP contribution in [0.1, 0.15) is 32.7 Å². The van der Waals surface area contributed by atoms with E-state index in [1.807, 2.05) is 6.07 Å². The van der Waals surface area contributed by atoms with Gasteiger partial charge in [-0.2, -0.15) is 5.10 Å². The van der Waals surface area contributed by atoms with Crippen LogP contribution in [-0.4, -0.2) is 35.6 Å². The second-order valence-corrected chi connectivity index (χ2v) is 5.06. The molecule has 3 N–H and O–H groups in total. The lowest BCUT2D eigenvalue weighted by Crippen LogP contribution is -2.29. The van der Waals surface area contributed by atoms with E-state index in [1.165, 1.54) is 12.3 Å². The summed E-state index contributed by atoms with van der Waals surface area (Å²) in [4.78, 5) is 34.5. The Hall–Kier alpha value is -3.48. The Morgan fingerprint density at radius 1 is 1.00 bits per heavy atom. The molecule has 2 amide bonds. The van der Waals surface area contributed by atoms with Crippen molar-refractivity contribution in [1.29, 1.82) is 0 Å². The van der Waals surface area contributed by atoms with Gasteiger partial charge >= 0.3 is 5.97 Å². The monoisotopic (exact) mass is 339 g/mol. The maximum Gasteiger partial charge on any atom is 0.336 e. The van der Waals surface area contributed by atoms with Crippen molar-refractivity contribution < 1.29 is 19.5 Å². The lowest BCUT2D eigenvalue weighted by molar-refractivity contribution is -0.120. The average molecular weight is 339 g/mol. The van der Waals surface area contributed by atoms with E-state index in [1.54, 1.807) is 42.5 Å². The van der Waals surface area contributed by atoms with E-state index in [0.29, 0.717) is 11.1 Å². The molecular formula is C18H17N3O4. The summed E-state index contributed by atoms with van der Waals surface area (Å²) in [5.74, 6) is -1.72. The highest BCUT2D eigenvalue weighted by atomic mass is 16.4. The molecule has 0 aliphatic carbocycles. The van der Waals surface area contributed by atoms with E-state index < -0.39 is 11.9 Å². The smallest absolute Gasteiger partial charge is 0.336 e. The number of hydrazone groups is 1. The molecule has 0 spiro atoms. The predicted octanol–water partition coefficient (Wildman–Crippen LogP) is 1.66. The Balaban J connectivity index is 1.78. The van der Waals surface area contributed by atoms with Crippen molar-refractivity contribution in [1.82, 2.24) is 10.7 Å². The summed E-state index contributed by atoms with van der Waals surface area (Å²) in [5.41, 5.74) is 3.29. The summed E-state index contributed by atoms with van der Waals surface area (Å²) >= 11 is 0. The summed E-state index contributed by atoms with van der Waals surface area (Å²) in [6.07, 6.45) is 1.32. The summed E-state index contributed by atoms with van der Waals surface area (Å²) < 4.78 is 0. The molecule has 25 heavy (non-hydrogen) atoms. The van der Waals surface area contributed by atoms with Crippen LogP contribution >= 0.6 is 0 Å². The van der Waals surface area contributed by atoms with Gasteiger partial charge < -0.3 is 10.4 Å². The molecule has 2 aromatic carbocycles. The Morgan fingerprint density at radius 2 is 1.68 bits per heavy atom. The number of rotatable bonds is 7. The van der Waals surface area contributed by atoms with Crippen LogP contribution in [0.15, 0.2) is 59.7 Å². The van der Waals surface area contributed by atoms with Crippen molar-refractivity contribution in [3.63, 3.8) is 0 Å². The minimum atomic E-state index is -1.07. The van der Waals surface area contributed by atoms with E-state index in [2.05, 4.69) is 15.8 Å². The quantitative estimate of drug-likeness (QED) is 0.526. The van der Waals surface area contributed by atoms with Crippen LogP contribution in [0, 0.1) is 0 Å². The lowest BCUT2D eigenvalue weighted by Gasteiger charge is -2.04. The normalized spacial score (nSPS) is 10.4. The van der Waals surface area contributed by atoms with Crippen molar-refractivity contribution >= 4 is 24.0 Å². The molecule has 0 atom stereocenters. The summed E-state index contributed by atoms with van der Waals surface area (Å²) in [7, 11) is 0.